The molecule has 0 radical (unpaired) electrons. The molecule has 0 heterocycles. The van der Waals surface area contributed by atoms with E-state index in [0.717, 1.165) is 24.2 Å². The van der Waals surface area contributed by atoms with Crippen molar-refractivity contribution in [1.29, 1.82) is 0 Å². The second-order valence-electron chi connectivity index (χ2n) is 4.87. The molecule has 0 amide bonds. The Bertz CT molecular complexity index is 606. The number of hydrogen-bond acceptors (Lipinski definition) is 3. The van der Waals surface area contributed by atoms with Gasteiger partial charge < -0.3 is 15.7 Å². The summed E-state index contributed by atoms with van der Waals surface area (Å²) in [4.78, 5) is 0. The molecule has 0 saturated heterocycles. The van der Waals surface area contributed by atoms with Gasteiger partial charge in [-0.2, -0.15) is 0 Å². The highest BCUT2D eigenvalue weighted by atomic mass is 16.5. The van der Waals surface area contributed by atoms with Gasteiger partial charge in [0.15, 0.2) is 5.84 Å². The fourth-order valence-corrected chi connectivity index (χ4v) is 2.09. The van der Waals surface area contributed by atoms with Crippen LogP contribution in [0.5, 0.6) is 5.75 Å². The second kappa shape index (κ2) is 7.33. The minimum Gasteiger partial charge on any atom is -0.489 e. The lowest BCUT2D eigenvalue weighted by Gasteiger charge is -2.08. The highest BCUT2D eigenvalue weighted by Crippen LogP contribution is 2.15. The van der Waals surface area contributed by atoms with Gasteiger partial charge in [0.05, 0.1) is 0 Å². The summed E-state index contributed by atoms with van der Waals surface area (Å²) in [5.74, 6) is 0.935. The SMILES string of the molecule is CCCc1ccc(OCc2cccc(C(N)=NO)c2)cc1. The Balaban J connectivity index is 1.99. The topological polar surface area (TPSA) is 67.8 Å². The molecule has 2 aromatic carbocycles. The van der Waals surface area contributed by atoms with Crippen molar-refractivity contribution in [2.24, 2.45) is 10.9 Å². The molecule has 0 fully saturated rings. The first kappa shape index (κ1) is 14.9. The van der Waals surface area contributed by atoms with Crippen molar-refractivity contribution in [3.8, 4) is 5.75 Å². The van der Waals surface area contributed by atoms with Gasteiger partial charge in [-0.15, -0.1) is 0 Å². The van der Waals surface area contributed by atoms with E-state index in [4.69, 9.17) is 15.7 Å². The Hall–Kier alpha value is -2.49. The summed E-state index contributed by atoms with van der Waals surface area (Å²) in [6, 6.07) is 15.6. The van der Waals surface area contributed by atoms with Gasteiger partial charge in [-0.3, -0.25) is 0 Å². The molecule has 110 valence electrons. The summed E-state index contributed by atoms with van der Waals surface area (Å²) in [7, 11) is 0. The average Bonchev–Trinajstić information content (AvgIpc) is 2.54. The van der Waals surface area contributed by atoms with Gasteiger partial charge in [-0.1, -0.05) is 48.8 Å². The van der Waals surface area contributed by atoms with Crippen molar-refractivity contribution < 1.29 is 9.94 Å². The molecule has 0 spiro atoms. The van der Waals surface area contributed by atoms with Crippen LogP contribution in [0.1, 0.15) is 30.0 Å². The van der Waals surface area contributed by atoms with Gasteiger partial charge in [0.2, 0.25) is 0 Å². The number of benzene rings is 2. The highest BCUT2D eigenvalue weighted by molar-refractivity contribution is 5.97. The smallest absolute Gasteiger partial charge is 0.170 e. The van der Waals surface area contributed by atoms with Crippen molar-refractivity contribution in [3.63, 3.8) is 0 Å². The zero-order chi connectivity index (χ0) is 15.1. The average molecular weight is 284 g/mol. The van der Waals surface area contributed by atoms with Crippen LogP contribution < -0.4 is 10.5 Å². The molecule has 0 aliphatic heterocycles. The lowest BCUT2D eigenvalue weighted by Crippen LogP contribution is -2.13. The Kier molecular flexibility index (Phi) is 5.21. The van der Waals surface area contributed by atoms with Gasteiger partial charge in [-0.25, -0.2) is 0 Å². The van der Waals surface area contributed by atoms with Gasteiger partial charge in [0.1, 0.15) is 12.4 Å². The molecule has 0 saturated carbocycles. The van der Waals surface area contributed by atoms with Crippen LogP contribution in [0.25, 0.3) is 0 Å². The van der Waals surface area contributed by atoms with Crippen LogP contribution >= 0.6 is 0 Å². The largest absolute Gasteiger partial charge is 0.489 e. The van der Waals surface area contributed by atoms with Crippen molar-refractivity contribution in [3.05, 3.63) is 65.2 Å². The molecule has 21 heavy (non-hydrogen) atoms. The van der Waals surface area contributed by atoms with Crippen molar-refractivity contribution >= 4 is 5.84 Å². The third-order valence-electron chi connectivity index (χ3n) is 3.20. The van der Waals surface area contributed by atoms with Gasteiger partial charge in [0, 0.05) is 5.56 Å². The number of nitrogens with zero attached hydrogens (tertiary/aromatic N) is 1. The van der Waals surface area contributed by atoms with Gasteiger partial charge >= 0.3 is 0 Å². The number of hydrogen-bond donors (Lipinski definition) is 2. The first-order chi connectivity index (χ1) is 10.2. The first-order valence-corrected chi connectivity index (χ1v) is 7.01. The monoisotopic (exact) mass is 284 g/mol. The molecular formula is C17H20N2O2. The molecule has 2 rings (SSSR count). The maximum atomic E-state index is 8.69. The molecule has 0 atom stereocenters. The third-order valence-corrected chi connectivity index (χ3v) is 3.20. The van der Waals surface area contributed by atoms with E-state index in [2.05, 4.69) is 24.2 Å². The van der Waals surface area contributed by atoms with Gasteiger partial charge in [0.25, 0.3) is 0 Å². The lowest BCUT2D eigenvalue weighted by molar-refractivity contribution is 0.306. The lowest BCUT2D eigenvalue weighted by atomic mass is 10.1. The van der Waals surface area contributed by atoms with Crippen LogP contribution in [0.2, 0.25) is 0 Å². The minimum absolute atomic E-state index is 0.0979. The summed E-state index contributed by atoms with van der Waals surface area (Å²) < 4.78 is 5.75. The van der Waals surface area contributed by atoms with E-state index in [1.807, 2.05) is 30.3 Å². The van der Waals surface area contributed by atoms with E-state index in [0.29, 0.717) is 12.2 Å². The molecule has 0 aliphatic rings. The standard InChI is InChI=1S/C17H20N2O2/c1-2-4-13-7-9-16(10-8-13)21-12-14-5-3-6-15(11-14)17(18)19-20/h3,5-11,20H,2,4,12H2,1H3,(H2,18,19). The molecule has 2 aromatic rings. The van der Waals surface area contributed by atoms with Crippen LogP contribution in [0.3, 0.4) is 0 Å². The van der Waals surface area contributed by atoms with E-state index >= 15 is 0 Å². The Morgan fingerprint density at radius 2 is 1.90 bits per heavy atom. The van der Waals surface area contributed by atoms with E-state index in [-0.39, 0.29) is 5.84 Å². The maximum Gasteiger partial charge on any atom is 0.170 e. The van der Waals surface area contributed by atoms with Crippen LogP contribution in [0, 0.1) is 0 Å². The molecule has 4 heteroatoms. The molecule has 0 bridgehead atoms. The molecule has 4 nitrogen and oxygen atoms in total. The summed E-state index contributed by atoms with van der Waals surface area (Å²) in [6.07, 6.45) is 2.23. The number of aryl methyl sites for hydroxylation is 1. The Morgan fingerprint density at radius 3 is 2.57 bits per heavy atom. The summed E-state index contributed by atoms with van der Waals surface area (Å²) in [5.41, 5.74) is 8.54. The quantitative estimate of drug-likeness (QED) is 0.370. The first-order valence-electron chi connectivity index (χ1n) is 7.01. The number of rotatable bonds is 6. The normalized spacial score (nSPS) is 11.4. The molecule has 0 aromatic heterocycles. The summed E-state index contributed by atoms with van der Waals surface area (Å²) in [5, 5.41) is 11.7. The number of nitrogens with two attached hydrogens (primary N) is 1. The maximum absolute atomic E-state index is 8.69. The van der Waals surface area contributed by atoms with E-state index < -0.39 is 0 Å². The molecule has 0 aliphatic carbocycles. The summed E-state index contributed by atoms with van der Waals surface area (Å²) in [6.45, 7) is 2.61. The van der Waals surface area contributed by atoms with Crippen LogP contribution in [-0.4, -0.2) is 11.0 Å². The Labute approximate surface area is 124 Å². The third kappa shape index (κ3) is 4.24. The number of amidine groups is 1. The van der Waals surface area contributed by atoms with Crippen LogP contribution in [0.4, 0.5) is 0 Å². The zero-order valence-corrected chi connectivity index (χ0v) is 12.1. The minimum atomic E-state index is 0.0979. The highest BCUT2D eigenvalue weighted by Gasteiger charge is 2.02. The zero-order valence-electron chi connectivity index (χ0n) is 12.1. The number of ether oxygens (including phenoxy) is 1. The van der Waals surface area contributed by atoms with Crippen LogP contribution in [0.15, 0.2) is 53.7 Å². The van der Waals surface area contributed by atoms with Crippen molar-refractivity contribution in [2.75, 3.05) is 0 Å². The fraction of sp³-hybridized carbons (Fsp3) is 0.235. The Morgan fingerprint density at radius 1 is 1.14 bits per heavy atom. The van der Waals surface area contributed by atoms with Gasteiger partial charge in [-0.05, 0) is 35.7 Å². The van der Waals surface area contributed by atoms with Crippen molar-refractivity contribution in [1.82, 2.24) is 0 Å². The molecule has 3 N–H and O–H groups in total. The number of oxime groups is 1. The molecular weight excluding hydrogens is 264 g/mol. The van der Waals surface area contributed by atoms with Crippen molar-refractivity contribution in [2.45, 2.75) is 26.4 Å². The molecule has 0 unspecified atom stereocenters. The van der Waals surface area contributed by atoms with E-state index in [1.54, 1.807) is 6.07 Å². The second-order valence-corrected chi connectivity index (χ2v) is 4.87. The predicted octanol–water partition coefficient (Wildman–Crippen LogP) is 3.31. The van der Waals surface area contributed by atoms with E-state index in [9.17, 15) is 0 Å². The van der Waals surface area contributed by atoms with Crippen LogP contribution in [-0.2, 0) is 13.0 Å². The van der Waals surface area contributed by atoms with E-state index in [1.165, 1.54) is 5.56 Å². The summed E-state index contributed by atoms with van der Waals surface area (Å²) >= 11 is 0. The fourth-order valence-electron chi connectivity index (χ4n) is 2.09. The predicted molar refractivity (Wildman–Crippen MR) is 83.7 cm³/mol.